The quantitative estimate of drug-likeness (QED) is 0.844. The highest BCUT2D eigenvalue weighted by atomic mass is 32.1. The largest absolute Gasteiger partial charge is 0.368 e. The molecule has 4 nitrogen and oxygen atoms in total. The lowest BCUT2D eigenvalue weighted by Crippen LogP contribution is -2.18. The Hall–Kier alpha value is -1.36. The third-order valence-electron chi connectivity index (χ3n) is 2.35. The molecule has 2 heterocycles. The molecule has 15 heavy (non-hydrogen) atoms. The summed E-state index contributed by atoms with van der Waals surface area (Å²) in [5, 5.41) is 1.09. The van der Waals surface area contributed by atoms with Gasteiger partial charge in [-0.25, -0.2) is 4.98 Å². The second-order valence-corrected chi connectivity index (χ2v) is 4.73. The molecule has 0 aliphatic heterocycles. The van der Waals surface area contributed by atoms with E-state index in [0.29, 0.717) is 5.95 Å². The van der Waals surface area contributed by atoms with Crippen LogP contribution in [0.15, 0.2) is 6.07 Å². The van der Waals surface area contributed by atoms with Crippen molar-refractivity contribution in [2.45, 2.75) is 13.8 Å². The van der Waals surface area contributed by atoms with Crippen LogP contribution in [0, 0.1) is 6.92 Å². The van der Waals surface area contributed by atoms with Crippen molar-refractivity contribution in [1.29, 1.82) is 0 Å². The molecule has 0 amide bonds. The van der Waals surface area contributed by atoms with Gasteiger partial charge in [0.05, 0.1) is 5.39 Å². The van der Waals surface area contributed by atoms with Crippen molar-refractivity contribution >= 4 is 33.3 Å². The molecule has 0 saturated heterocycles. The van der Waals surface area contributed by atoms with Crippen LogP contribution < -0.4 is 10.6 Å². The maximum absolute atomic E-state index is 5.68. The van der Waals surface area contributed by atoms with Crippen molar-refractivity contribution < 1.29 is 0 Å². The van der Waals surface area contributed by atoms with Crippen LogP contribution in [0.5, 0.6) is 0 Å². The number of aryl methyl sites for hydroxylation is 1. The van der Waals surface area contributed by atoms with E-state index in [2.05, 4.69) is 34.8 Å². The number of aromatic nitrogens is 2. The number of anilines is 2. The molecule has 0 spiro atoms. The van der Waals surface area contributed by atoms with E-state index in [1.165, 1.54) is 4.88 Å². The summed E-state index contributed by atoms with van der Waals surface area (Å²) in [6.07, 6.45) is 0. The standard InChI is InChI=1S/C10H14N4S/c1-4-14(3)8-7-5-6(2)15-9(7)13-10(11)12-8/h5H,4H2,1-3H3,(H2,11,12,13). The van der Waals surface area contributed by atoms with Crippen LogP contribution in [0.3, 0.4) is 0 Å². The minimum absolute atomic E-state index is 0.347. The van der Waals surface area contributed by atoms with Gasteiger partial charge >= 0.3 is 0 Å². The van der Waals surface area contributed by atoms with Gasteiger partial charge in [-0.3, -0.25) is 0 Å². The first-order valence-corrected chi connectivity index (χ1v) is 5.68. The summed E-state index contributed by atoms with van der Waals surface area (Å²) in [6.45, 7) is 5.06. The van der Waals surface area contributed by atoms with Gasteiger partial charge in [0.2, 0.25) is 5.95 Å². The van der Waals surface area contributed by atoms with Crippen LogP contribution in [-0.2, 0) is 0 Å². The Morgan fingerprint density at radius 2 is 2.20 bits per heavy atom. The molecule has 5 heteroatoms. The van der Waals surface area contributed by atoms with Crippen molar-refractivity contribution in [3.8, 4) is 0 Å². The van der Waals surface area contributed by atoms with Crippen molar-refractivity contribution in [2.24, 2.45) is 0 Å². The summed E-state index contributed by atoms with van der Waals surface area (Å²) in [7, 11) is 2.01. The van der Waals surface area contributed by atoms with Gasteiger partial charge < -0.3 is 10.6 Å². The van der Waals surface area contributed by atoms with Crippen LogP contribution in [0.4, 0.5) is 11.8 Å². The zero-order valence-corrected chi connectivity index (χ0v) is 9.93. The van der Waals surface area contributed by atoms with Gasteiger partial charge in [-0.2, -0.15) is 4.98 Å². The summed E-state index contributed by atoms with van der Waals surface area (Å²) in [6, 6.07) is 2.11. The van der Waals surface area contributed by atoms with Gasteiger partial charge in [-0.15, -0.1) is 11.3 Å². The van der Waals surface area contributed by atoms with Crippen LogP contribution in [-0.4, -0.2) is 23.6 Å². The Balaban J connectivity index is 2.70. The van der Waals surface area contributed by atoms with Gasteiger partial charge in [-0.1, -0.05) is 0 Å². The number of nitrogens with two attached hydrogens (primary N) is 1. The average molecular weight is 222 g/mol. The summed E-state index contributed by atoms with van der Waals surface area (Å²) < 4.78 is 0. The predicted octanol–water partition coefficient (Wildman–Crippen LogP) is 2.04. The smallest absolute Gasteiger partial charge is 0.223 e. The predicted molar refractivity (Wildman–Crippen MR) is 65.5 cm³/mol. The van der Waals surface area contributed by atoms with E-state index in [1.54, 1.807) is 11.3 Å². The van der Waals surface area contributed by atoms with Gasteiger partial charge in [0.1, 0.15) is 10.6 Å². The van der Waals surface area contributed by atoms with Gasteiger partial charge in [0.15, 0.2) is 0 Å². The molecule has 0 aliphatic carbocycles. The fraction of sp³-hybridized carbons (Fsp3) is 0.400. The lowest BCUT2D eigenvalue weighted by atomic mass is 10.3. The van der Waals surface area contributed by atoms with Crippen LogP contribution in [0.2, 0.25) is 0 Å². The SMILES string of the molecule is CCN(C)c1nc(N)nc2sc(C)cc12. The summed E-state index contributed by atoms with van der Waals surface area (Å²) in [4.78, 5) is 12.8. The molecule has 2 rings (SSSR count). The minimum atomic E-state index is 0.347. The average Bonchev–Trinajstić information content (AvgIpc) is 2.55. The highest BCUT2D eigenvalue weighted by molar-refractivity contribution is 7.18. The number of hydrogen-bond acceptors (Lipinski definition) is 5. The molecular formula is C10H14N4S. The second kappa shape index (κ2) is 3.66. The molecular weight excluding hydrogens is 208 g/mol. The first-order valence-electron chi connectivity index (χ1n) is 4.86. The van der Waals surface area contributed by atoms with Crippen molar-refractivity contribution in [2.75, 3.05) is 24.2 Å². The summed E-state index contributed by atoms with van der Waals surface area (Å²) in [5.41, 5.74) is 5.68. The van der Waals surface area contributed by atoms with E-state index in [-0.39, 0.29) is 0 Å². The molecule has 0 unspecified atom stereocenters. The van der Waals surface area contributed by atoms with Crippen molar-refractivity contribution in [3.05, 3.63) is 10.9 Å². The number of hydrogen-bond donors (Lipinski definition) is 1. The maximum atomic E-state index is 5.68. The van der Waals surface area contributed by atoms with Crippen molar-refractivity contribution in [1.82, 2.24) is 9.97 Å². The zero-order valence-electron chi connectivity index (χ0n) is 9.11. The molecule has 0 bridgehead atoms. The number of fused-ring (bicyclic) bond motifs is 1. The fourth-order valence-corrected chi connectivity index (χ4v) is 2.36. The van der Waals surface area contributed by atoms with Crippen LogP contribution in [0.25, 0.3) is 10.2 Å². The first-order chi connectivity index (χ1) is 7.11. The molecule has 2 aromatic heterocycles. The molecule has 0 saturated carbocycles. The zero-order chi connectivity index (χ0) is 11.0. The van der Waals surface area contributed by atoms with E-state index < -0.39 is 0 Å². The second-order valence-electron chi connectivity index (χ2n) is 3.50. The lowest BCUT2D eigenvalue weighted by molar-refractivity contribution is 0.943. The minimum Gasteiger partial charge on any atom is -0.368 e. The van der Waals surface area contributed by atoms with Gasteiger partial charge in [0, 0.05) is 18.5 Å². The monoisotopic (exact) mass is 222 g/mol. The van der Waals surface area contributed by atoms with Crippen molar-refractivity contribution in [3.63, 3.8) is 0 Å². The van der Waals surface area contributed by atoms with E-state index in [9.17, 15) is 0 Å². The highest BCUT2D eigenvalue weighted by Crippen LogP contribution is 2.30. The summed E-state index contributed by atoms with van der Waals surface area (Å²) >= 11 is 1.65. The van der Waals surface area contributed by atoms with E-state index in [4.69, 9.17) is 5.73 Å². The summed E-state index contributed by atoms with van der Waals surface area (Å²) in [5.74, 6) is 1.27. The normalized spacial score (nSPS) is 10.9. The lowest BCUT2D eigenvalue weighted by Gasteiger charge is -2.16. The highest BCUT2D eigenvalue weighted by Gasteiger charge is 2.11. The van der Waals surface area contributed by atoms with Crippen LogP contribution >= 0.6 is 11.3 Å². The Bertz CT molecular complexity index is 491. The number of nitrogens with zero attached hydrogens (tertiary/aromatic N) is 3. The van der Waals surface area contributed by atoms with Gasteiger partial charge in [-0.05, 0) is 19.9 Å². The van der Waals surface area contributed by atoms with Gasteiger partial charge in [0.25, 0.3) is 0 Å². The molecule has 2 N–H and O–H groups in total. The molecule has 0 aromatic carbocycles. The first kappa shape index (κ1) is 10.2. The number of nitrogen functional groups attached to an aromatic ring is 1. The topological polar surface area (TPSA) is 55.0 Å². The third-order valence-corrected chi connectivity index (χ3v) is 3.29. The van der Waals surface area contributed by atoms with E-state index >= 15 is 0 Å². The fourth-order valence-electron chi connectivity index (χ4n) is 1.48. The Kier molecular flexibility index (Phi) is 2.48. The van der Waals surface area contributed by atoms with E-state index in [0.717, 1.165) is 22.6 Å². The molecule has 2 aromatic rings. The molecule has 0 aliphatic rings. The van der Waals surface area contributed by atoms with E-state index in [1.807, 2.05) is 7.05 Å². The Morgan fingerprint density at radius 1 is 1.47 bits per heavy atom. The molecule has 0 atom stereocenters. The number of rotatable bonds is 2. The molecule has 80 valence electrons. The number of thiophene rings is 1. The maximum Gasteiger partial charge on any atom is 0.223 e. The Morgan fingerprint density at radius 3 is 2.87 bits per heavy atom. The molecule has 0 radical (unpaired) electrons. The van der Waals surface area contributed by atoms with Crippen LogP contribution in [0.1, 0.15) is 11.8 Å². The molecule has 0 fully saturated rings. The third kappa shape index (κ3) is 1.74. The Labute approximate surface area is 92.8 Å².